The number of aryl methyl sites for hydroxylation is 1. The van der Waals surface area contributed by atoms with Crippen LogP contribution in [0.2, 0.25) is 0 Å². The predicted octanol–water partition coefficient (Wildman–Crippen LogP) is 9.13. The molecule has 0 heterocycles. The minimum atomic E-state index is 0.756. The summed E-state index contributed by atoms with van der Waals surface area (Å²) in [7, 11) is 0. The van der Waals surface area contributed by atoms with E-state index in [2.05, 4.69) is 62.1 Å². The van der Waals surface area contributed by atoms with Crippen LogP contribution in [0.4, 0.5) is 0 Å². The van der Waals surface area contributed by atoms with Crippen LogP contribution in [0.1, 0.15) is 115 Å². The number of benzene rings is 1. The first kappa shape index (κ1) is 24.2. The van der Waals surface area contributed by atoms with Crippen LogP contribution >= 0.6 is 0 Å². The molecule has 0 aliphatic heterocycles. The normalized spacial score (nSPS) is 26.5. The smallest absolute Gasteiger partial charge is 0.0249 e. The molecule has 170 valence electrons. The van der Waals surface area contributed by atoms with Crippen molar-refractivity contribution in [2.45, 2.75) is 110 Å². The van der Waals surface area contributed by atoms with Gasteiger partial charge in [0.1, 0.15) is 0 Å². The average molecular weight is 419 g/mol. The average Bonchev–Trinajstić information content (AvgIpc) is 2.82. The fourth-order valence-electron chi connectivity index (χ4n) is 5.71. The Hall–Kier alpha value is -1.48. The van der Waals surface area contributed by atoms with Crippen molar-refractivity contribution >= 4 is 0 Å². The van der Waals surface area contributed by atoms with Gasteiger partial charge in [0.15, 0.2) is 0 Å². The second-order valence-corrected chi connectivity index (χ2v) is 10.4. The molecular weight excluding hydrogens is 372 g/mol. The zero-order chi connectivity index (χ0) is 21.7. The molecule has 0 aromatic heterocycles. The highest BCUT2D eigenvalue weighted by atomic mass is 14.3. The Morgan fingerprint density at radius 2 is 1.39 bits per heavy atom. The standard InChI is InChI=1S/C31H46/c1-3-5-6-9-27-16-18-28(19-17-27)10-7-8-11-29-20-22-31(23-21-29)25-24-30-14-12-26(4-2)13-15-30/h8,11,16-19,26,29-31H,3-6,9,12-15,20-25H2,1-2H3/b11-8+/t26-,29?,30-,31?. The van der Waals surface area contributed by atoms with Crippen LogP contribution in [0.15, 0.2) is 36.4 Å². The molecule has 2 aliphatic carbocycles. The number of unbranched alkanes of at least 4 members (excludes halogenated alkanes) is 2. The van der Waals surface area contributed by atoms with Crippen LogP contribution in [0.5, 0.6) is 0 Å². The third-order valence-corrected chi connectivity index (χ3v) is 8.11. The molecule has 2 fully saturated rings. The summed E-state index contributed by atoms with van der Waals surface area (Å²) in [5, 5.41) is 0. The largest absolute Gasteiger partial charge is 0.0730 e. The van der Waals surface area contributed by atoms with Gasteiger partial charge in [-0.3, -0.25) is 0 Å². The van der Waals surface area contributed by atoms with E-state index in [9.17, 15) is 0 Å². The second-order valence-electron chi connectivity index (χ2n) is 10.4. The van der Waals surface area contributed by atoms with E-state index < -0.39 is 0 Å². The molecule has 0 amide bonds. The van der Waals surface area contributed by atoms with Gasteiger partial charge in [-0.15, -0.1) is 0 Å². The third kappa shape index (κ3) is 8.88. The highest BCUT2D eigenvalue weighted by Gasteiger charge is 2.23. The van der Waals surface area contributed by atoms with Crippen molar-refractivity contribution in [3.63, 3.8) is 0 Å². The highest BCUT2D eigenvalue weighted by molar-refractivity contribution is 5.38. The minimum absolute atomic E-state index is 0.756. The molecule has 1 aromatic rings. The van der Waals surface area contributed by atoms with Crippen molar-refractivity contribution in [1.82, 2.24) is 0 Å². The number of allylic oxidation sites excluding steroid dienone is 2. The van der Waals surface area contributed by atoms with Gasteiger partial charge in [0.05, 0.1) is 0 Å². The molecule has 0 heteroatoms. The molecule has 1 aromatic carbocycles. The van der Waals surface area contributed by atoms with E-state index in [1.807, 2.05) is 0 Å². The summed E-state index contributed by atoms with van der Waals surface area (Å²) in [5.74, 6) is 10.4. The van der Waals surface area contributed by atoms with Gasteiger partial charge >= 0.3 is 0 Å². The molecule has 3 rings (SSSR count). The molecule has 0 bridgehead atoms. The molecule has 0 unspecified atom stereocenters. The summed E-state index contributed by atoms with van der Waals surface area (Å²) in [6, 6.07) is 8.87. The van der Waals surface area contributed by atoms with Crippen molar-refractivity contribution in [1.29, 1.82) is 0 Å². The van der Waals surface area contributed by atoms with Crippen LogP contribution in [0, 0.1) is 35.5 Å². The topological polar surface area (TPSA) is 0 Å². The SMILES string of the molecule is CCCCCc1ccc(C#C/C=C/C2CCC(CC[C@H]3CC[C@H](CC)CC3)CC2)cc1. The van der Waals surface area contributed by atoms with Crippen LogP contribution in [0.25, 0.3) is 0 Å². The Balaban J connectivity index is 1.31. The summed E-state index contributed by atoms with van der Waals surface area (Å²) in [4.78, 5) is 0. The summed E-state index contributed by atoms with van der Waals surface area (Å²) < 4.78 is 0. The molecule has 31 heavy (non-hydrogen) atoms. The van der Waals surface area contributed by atoms with Crippen LogP contribution < -0.4 is 0 Å². The zero-order valence-corrected chi connectivity index (χ0v) is 20.4. The monoisotopic (exact) mass is 418 g/mol. The van der Waals surface area contributed by atoms with Gasteiger partial charge < -0.3 is 0 Å². The first-order valence-electron chi connectivity index (χ1n) is 13.5. The van der Waals surface area contributed by atoms with Crippen LogP contribution in [-0.2, 0) is 6.42 Å². The maximum atomic E-state index is 3.31. The lowest BCUT2D eigenvalue weighted by Crippen LogP contribution is -2.17. The molecule has 0 nitrogen and oxygen atoms in total. The minimum Gasteiger partial charge on any atom is -0.0730 e. The Bertz CT molecular complexity index is 682. The van der Waals surface area contributed by atoms with E-state index in [1.165, 1.54) is 102 Å². The summed E-state index contributed by atoms with van der Waals surface area (Å²) in [6.45, 7) is 4.63. The first-order chi connectivity index (χ1) is 15.3. The van der Waals surface area contributed by atoms with Crippen molar-refractivity contribution in [3.05, 3.63) is 47.5 Å². The van der Waals surface area contributed by atoms with Gasteiger partial charge in [0.2, 0.25) is 0 Å². The van der Waals surface area contributed by atoms with E-state index in [1.54, 1.807) is 0 Å². The molecule has 0 atom stereocenters. The summed E-state index contributed by atoms with van der Waals surface area (Å²) in [5.41, 5.74) is 2.58. The highest BCUT2D eigenvalue weighted by Crippen LogP contribution is 2.37. The van der Waals surface area contributed by atoms with Crippen molar-refractivity contribution < 1.29 is 0 Å². The first-order valence-corrected chi connectivity index (χ1v) is 13.5. The van der Waals surface area contributed by atoms with Crippen LogP contribution in [-0.4, -0.2) is 0 Å². The van der Waals surface area contributed by atoms with E-state index in [0.29, 0.717) is 0 Å². The number of hydrogen-bond donors (Lipinski definition) is 0. The van der Waals surface area contributed by atoms with Crippen molar-refractivity contribution in [2.75, 3.05) is 0 Å². The zero-order valence-electron chi connectivity index (χ0n) is 20.4. The molecule has 0 N–H and O–H groups in total. The van der Waals surface area contributed by atoms with Gasteiger partial charge in [0, 0.05) is 5.56 Å². The Kier molecular flexibility index (Phi) is 10.8. The lowest BCUT2D eigenvalue weighted by Gasteiger charge is -2.31. The quantitative estimate of drug-likeness (QED) is 0.277. The molecule has 2 saturated carbocycles. The third-order valence-electron chi connectivity index (χ3n) is 8.11. The van der Waals surface area contributed by atoms with Gasteiger partial charge in [-0.05, 0) is 86.0 Å². The lowest BCUT2D eigenvalue weighted by atomic mass is 9.75. The van der Waals surface area contributed by atoms with Gasteiger partial charge in [0.25, 0.3) is 0 Å². The Morgan fingerprint density at radius 3 is 2.00 bits per heavy atom. The van der Waals surface area contributed by atoms with Crippen LogP contribution in [0.3, 0.4) is 0 Å². The fraction of sp³-hybridized carbons (Fsp3) is 0.677. The maximum Gasteiger partial charge on any atom is 0.0249 e. The fourth-order valence-corrected chi connectivity index (χ4v) is 5.71. The molecule has 0 saturated heterocycles. The van der Waals surface area contributed by atoms with E-state index in [0.717, 1.165) is 29.2 Å². The predicted molar refractivity (Wildman–Crippen MR) is 136 cm³/mol. The molecule has 2 aliphatic rings. The number of rotatable bonds is 9. The second kappa shape index (κ2) is 13.8. The lowest BCUT2D eigenvalue weighted by molar-refractivity contribution is 0.224. The van der Waals surface area contributed by atoms with Crippen molar-refractivity contribution in [2.24, 2.45) is 23.7 Å². The van der Waals surface area contributed by atoms with Gasteiger partial charge in [-0.1, -0.05) is 102 Å². The van der Waals surface area contributed by atoms with Gasteiger partial charge in [-0.25, -0.2) is 0 Å². The molecule has 0 radical (unpaired) electrons. The number of hydrogen-bond acceptors (Lipinski definition) is 0. The van der Waals surface area contributed by atoms with Gasteiger partial charge in [-0.2, -0.15) is 0 Å². The Morgan fingerprint density at radius 1 is 0.774 bits per heavy atom. The van der Waals surface area contributed by atoms with E-state index in [-0.39, 0.29) is 0 Å². The van der Waals surface area contributed by atoms with E-state index in [4.69, 9.17) is 0 Å². The summed E-state index contributed by atoms with van der Waals surface area (Å²) >= 11 is 0. The molecular formula is C31H46. The maximum absolute atomic E-state index is 3.31. The van der Waals surface area contributed by atoms with Crippen molar-refractivity contribution in [3.8, 4) is 11.8 Å². The van der Waals surface area contributed by atoms with E-state index >= 15 is 0 Å². The summed E-state index contributed by atoms with van der Waals surface area (Å²) in [6.07, 6.45) is 25.7. The Labute approximate surface area is 193 Å². The molecule has 0 spiro atoms.